The van der Waals surface area contributed by atoms with Crippen molar-refractivity contribution in [1.82, 2.24) is 5.32 Å². The van der Waals surface area contributed by atoms with E-state index in [1.807, 2.05) is 19.1 Å². The third-order valence-electron chi connectivity index (χ3n) is 2.53. The zero-order valence-electron chi connectivity index (χ0n) is 9.27. The number of aliphatic hydroxyl groups excluding tert-OH is 2. The van der Waals surface area contributed by atoms with Gasteiger partial charge in [-0.25, -0.2) is 0 Å². The summed E-state index contributed by atoms with van der Waals surface area (Å²) in [6.45, 7) is 4.32. The maximum absolute atomic E-state index is 9.21. The SMILES string of the molecule is Cc1ccccc1[C@H](C)NCC(O)CO. The molecule has 0 aromatic heterocycles. The van der Waals surface area contributed by atoms with Crippen molar-refractivity contribution < 1.29 is 10.2 Å². The van der Waals surface area contributed by atoms with Gasteiger partial charge in [-0.2, -0.15) is 0 Å². The smallest absolute Gasteiger partial charge is 0.0895 e. The minimum atomic E-state index is -0.684. The highest BCUT2D eigenvalue weighted by molar-refractivity contribution is 5.28. The molecule has 84 valence electrons. The molecule has 1 aromatic rings. The maximum Gasteiger partial charge on any atom is 0.0895 e. The van der Waals surface area contributed by atoms with Crippen molar-refractivity contribution >= 4 is 0 Å². The quantitative estimate of drug-likeness (QED) is 0.678. The van der Waals surface area contributed by atoms with Gasteiger partial charge < -0.3 is 15.5 Å². The largest absolute Gasteiger partial charge is 0.394 e. The highest BCUT2D eigenvalue weighted by Crippen LogP contribution is 2.16. The molecular formula is C12H19NO2. The zero-order valence-corrected chi connectivity index (χ0v) is 9.27. The molecule has 0 fully saturated rings. The van der Waals surface area contributed by atoms with Crippen LogP contribution in [0.3, 0.4) is 0 Å². The van der Waals surface area contributed by atoms with E-state index in [1.54, 1.807) is 0 Å². The molecule has 0 aliphatic heterocycles. The summed E-state index contributed by atoms with van der Waals surface area (Å²) in [6, 6.07) is 8.33. The highest BCUT2D eigenvalue weighted by atomic mass is 16.3. The van der Waals surface area contributed by atoms with Crippen LogP contribution in [0.4, 0.5) is 0 Å². The van der Waals surface area contributed by atoms with Crippen LogP contribution in [0.2, 0.25) is 0 Å². The third kappa shape index (κ3) is 3.63. The van der Waals surface area contributed by atoms with E-state index >= 15 is 0 Å². The van der Waals surface area contributed by atoms with Crippen LogP contribution in [0.15, 0.2) is 24.3 Å². The molecule has 0 spiro atoms. The monoisotopic (exact) mass is 209 g/mol. The summed E-state index contributed by atoms with van der Waals surface area (Å²) < 4.78 is 0. The maximum atomic E-state index is 9.21. The second-order valence-electron chi connectivity index (χ2n) is 3.82. The van der Waals surface area contributed by atoms with Crippen LogP contribution in [-0.4, -0.2) is 29.5 Å². The van der Waals surface area contributed by atoms with E-state index in [9.17, 15) is 5.11 Å². The first kappa shape index (κ1) is 12.2. The summed E-state index contributed by atoms with van der Waals surface area (Å²) in [5.74, 6) is 0. The summed E-state index contributed by atoms with van der Waals surface area (Å²) in [7, 11) is 0. The molecule has 0 heterocycles. The molecule has 0 amide bonds. The molecule has 3 nitrogen and oxygen atoms in total. The fraction of sp³-hybridized carbons (Fsp3) is 0.500. The predicted octanol–water partition coefficient (Wildman–Crippen LogP) is 0.999. The lowest BCUT2D eigenvalue weighted by atomic mass is 10.0. The Morgan fingerprint density at radius 3 is 2.60 bits per heavy atom. The van der Waals surface area contributed by atoms with Crippen LogP contribution >= 0.6 is 0 Å². The van der Waals surface area contributed by atoms with E-state index in [0.29, 0.717) is 6.54 Å². The Morgan fingerprint density at radius 2 is 2.00 bits per heavy atom. The zero-order chi connectivity index (χ0) is 11.3. The van der Waals surface area contributed by atoms with Gasteiger partial charge in [0, 0.05) is 12.6 Å². The Balaban J connectivity index is 2.54. The Bertz CT molecular complexity index is 301. The number of aryl methyl sites for hydroxylation is 1. The van der Waals surface area contributed by atoms with Gasteiger partial charge in [0.2, 0.25) is 0 Å². The van der Waals surface area contributed by atoms with Crippen molar-refractivity contribution in [3.05, 3.63) is 35.4 Å². The number of hydrogen-bond acceptors (Lipinski definition) is 3. The Labute approximate surface area is 90.8 Å². The third-order valence-corrected chi connectivity index (χ3v) is 2.53. The van der Waals surface area contributed by atoms with Gasteiger partial charge in [0.05, 0.1) is 12.7 Å². The summed E-state index contributed by atoms with van der Waals surface area (Å²) in [5.41, 5.74) is 2.46. The molecule has 0 saturated carbocycles. The minimum Gasteiger partial charge on any atom is -0.394 e. The fourth-order valence-electron chi connectivity index (χ4n) is 1.56. The molecule has 0 aliphatic rings. The van der Waals surface area contributed by atoms with Gasteiger partial charge in [-0.05, 0) is 25.0 Å². The van der Waals surface area contributed by atoms with E-state index in [2.05, 4.69) is 24.4 Å². The van der Waals surface area contributed by atoms with Crippen LogP contribution in [0.5, 0.6) is 0 Å². The molecule has 0 bridgehead atoms. The van der Waals surface area contributed by atoms with Crippen LogP contribution in [0.1, 0.15) is 24.1 Å². The van der Waals surface area contributed by atoms with E-state index < -0.39 is 6.10 Å². The molecule has 3 N–H and O–H groups in total. The molecule has 3 heteroatoms. The molecule has 0 radical (unpaired) electrons. The van der Waals surface area contributed by atoms with Gasteiger partial charge in [0.1, 0.15) is 0 Å². The van der Waals surface area contributed by atoms with Crippen molar-refractivity contribution in [1.29, 1.82) is 0 Å². The second kappa shape index (κ2) is 5.85. The van der Waals surface area contributed by atoms with Gasteiger partial charge in [-0.3, -0.25) is 0 Å². The summed E-state index contributed by atoms with van der Waals surface area (Å²) in [6.07, 6.45) is -0.684. The number of aliphatic hydroxyl groups is 2. The van der Waals surface area contributed by atoms with Crippen molar-refractivity contribution in [3.8, 4) is 0 Å². The Hall–Kier alpha value is -0.900. The van der Waals surface area contributed by atoms with Gasteiger partial charge >= 0.3 is 0 Å². The lowest BCUT2D eigenvalue weighted by Crippen LogP contribution is -2.31. The van der Waals surface area contributed by atoms with Crippen LogP contribution in [0, 0.1) is 6.92 Å². The van der Waals surface area contributed by atoms with Crippen LogP contribution in [-0.2, 0) is 0 Å². The van der Waals surface area contributed by atoms with Crippen molar-refractivity contribution in [2.45, 2.75) is 26.0 Å². The Morgan fingerprint density at radius 1 is 1.33 bits per heavy atom. The molecule has 1 aromatic carbocycles. The number of hydrogen-bond donors (Lipinski definition) is 3. The predicted molar refractivity (Wildman–Crippen MR) is 60.7 cm³/mol. The fourth-order valence-corrected chi connectivity index (χ4v) is 1.56. The van der Waals surface area contributed by atoms with Gasteiger partial charge in [0.15, 0.2) is 0 Å². The Kier molecular flexibility index (Phi) is 4.75. The molecule has 1 unspecified atom stereocenters. The van der Waals surface area contributed by atoms with Crippen molar-refractivity contribution in [2.24, 2.45) is 0 Å². The summed E-state index contributed by atoms with van der Waals surface area (Å²) in [4.78, 5) is 0. The van der Waals surface area contributed by atoms with Crippen molar-refractivity contribution in [2.75, 3.05) is 13.2 Å². The molecule has 0 aliphatic carbocycles. The number of nitrogens with one attached hydrogen (secondary N) is 1. The molecule has 0 saturated heterocycles. The van der Waals surface area contributed by atoms with Gasteiger partial charge in [0.25, 0.3) is 0 Å². The molecule has 1 rings (SSSR count). The lowest BCUT2D eigenvalue weighted by Gasteiger charge is -2.18. The summed E-state index contributed by atoms with van der Waals surface area (Å²) in [5, 5.41) is 21.1. The summed E-state index contributed by atoms with van der Waals surface area (Å²) >= 11 is 0. The van der Waals surface area contributed by atoms with Crippen LogP contribution < -0.4 is 5.32 Å². The highest BCUT2D eigenvalue weighted by Gasteiger charge is 2.09. The first-order chi connectivity index (χ1) is 7.15. The average molecular weight is 209 g/mol. The van der Waals surface area contributed by atoms with Gasteiger partial charge in [-0.15, -0.1) is 0 Å². The average Bonchev–Trinajstić information content (AvgIpc) is 2.26. The normalized spacial score (nSPS) is 14.9. The topological polar surface area (TPSA) is 52.5 Å². The first-order valence-corrected chi connectivity index (χ1v) is 5.23. The van der Waals surface area contributed by atoms with Crippen LogP contribution in [0.25, 0.3) is 0 Å². The van der Waals surface area contributed by atoms with E-state index in [4.69, 9.17) is 5.11 Å². The van der Waals surface area contributed by atoms with E-state index in [1.165, 1.54) is 11.1 Å². The van der Waals surface area contributed by atoms with Gasteiger partial charge in [-0.1, -0.05) is 24.3 Å². The first-order valence-electron chi connectivity index (χ1n) is 5.23. The second-order valence-corrected chi connectivity index (χ2v) is 3.82. The molecule has 15 heavy (non-hydrogen) atoms. The minimum absolute atomic E-state index is 0.187. The number of benzene rings is 1. The number of rotatable bonds is 5. The molecule has 2 atom stereocenters. The van der Waals surface area contributed by atoms with E-state index in [-0.39, 0.29) is 12.6 Å². The molecular weight excluding hydrogens is 190 g/mol. The van der Waals surface area contributed by atoms with Crippen molar-refractivity contribution in [3.63, 3.8) is 0 Å². The lowest BCUT2D eigenvalue weighted by molar-refractivity contribution is 0.0923. The van der Waals surface area contributed by atoms with E-state index in [0.717, 1.165) is 0 Å². The standard InChI is InChI=1S/C12H19NO2/c1-9-5-3-4-6-12(9)10(2)13-7-11(15)8-14/h3-6,10-11,13-15H,7-8H2,1-2H3/t10-,11?/m0/s1.